The van der Waals surface area contributed by atoms with Gasteiger partial charge in [-0.25, -0.2) is 0 Å². The fourth-order valence-electron chi connectivity index (χ4n) is 1.29. The van der Waals surface area contributed by atoms with Gasteiger partial charge in [-0.1, -0.05) is 25.0 Å². The van der Waals surface area contributed by atoms with Crippen LogP contribution in [0, 0.1) is 0 Å². The van der Waals surface area contributed by atoms with Gasteiger partial charge in [0.15, 0.2) is 0 Å². The molecule has 0 unspecified atom stereocenters. The van der Waals surface area contributed by atoms with E-state index in [0.717, 1.165) is 0 Å². The lowest BCUT2D eigenvalue weighted by molar-refractivity contribution is 0.830. The fraction of sp³-hybridized carbons (Fsp3) is 0.750. The second-order valence-corrected chi connectivity index (χ2v) is 2.50. The maximum Gasteiger partial charge on any atom is -0.0317 e. The van der Waals surface area contributed by atoms with Gasteiger partial charge in [0.2, 0.25) is 0 Å². The molecule has 46 valence electrons. The molecule has 0 radical (unpaired) electrons. The van der Waals surface area contributed by atoms with Gasteiger partial charge >= 0.3 is 0 Å². The summed E-state index contributed by atoms with van der Waals surface area (Å²) in [5, 5.41) is 0. The van der Waals surface area contributed by atoms with E-state index in [1.807, 2.05) is 0 Å². The van der Waals surface area contributed by atoms with E-state index in [-0.39, 0.29) is 0 Å². The van der Waals surface area contributed by atoms with Gasteiger partial charge in [0, 0.05) is 0 Å². The van der Waals surface area contributed by atoms with Crippen LogP contribution in [0.2, 0.25) is 0 Å². The van der Waals surface area contributed by atoms with Gasteiger partial charge < -0.3 is 0 Å². The summed E-state index contributed by atoms with van der Waals surface area (Å²) < 4.78 is 0. The van der Waals surface area contributed by atoms with E-state index in [2.05, 4.69) is 13.0 Å². The molecule has 0 aromatic rings. The number of hydrogen-bond acceptors (Lipinski definition) is 0. The highest BCUT2D eigenvalue weighted by atomic mass is 14.1. The molecule has 0 bridgehead atoms. The third-order valence-corrected chi connectivity index (χ3v) is 1.71. The molecule has 0 aliphatic heterocycles. The van der Waals surface area contributed by atoms with E-state index >= 15 is 0 Å². The van der Waals surface area contributed by atoms with Gasteiger partial charge in [-0.15, -0.1) is 0 Å². The number of hydrogen-bond donors (Lipinski definition) is 0. The van der Waals surface area contributed by atoms with Crippen molar-refractivity contribution in [3.63, 3.8) is 0 Å². The molecule has 0 saturated heterocycles. The molecule has 1 rings (SSSR count). The Morgan fingerprint density at radius 2 is 2.50 bits per heavy atom. The molecule has 1 aliphatic carbocycles. The summed E-state index contributed by atoms with van der Waals surface area (Å²) in [4.78, 5) is 0. The summed E-state index contributed by atoms with van der Waals surface area (Å²) in [5.74, 6) is 0. The molecule has 0 amide bonds. The Hall–Kier alpha value is -0.260. The van der Waals surface area contributed by atoms with Crippen molar-refractivity contribution in [2.24, 2.45) is 0 Å². The molecular weight excluding hydrogens is 96.1 g/mol. The maximum absolute atomic E-state index is 2.41. The highest BCUT2D eigenvalue weighted by Crippen LogP contribution is 2.21. The summed E-state index contributed by atoms with van der Waals surface area (Å²) in [6, 6.07) is 0. The van der Waals surface area contributed by atoms with E-state index < -0.39 is 0 Å². The van der Waals surface area contributed by atoms with Gasteiger partial charge in [-0.05, 0) is 25.7 Å². The lowest BCUT2D eigenvalue weighted by atomic mass is 10.1. The molecular formula is C8H14. The highest BCUT2D eigenvalue weighted by Gasteiger charge is 2.00. The van der Waals surface area contributed by atoms with Crippen LogP contribution in [0.4, 0.5) is 0 Å². The highest BCUT2D eigenvalue weighted by molar-refractivity contribution is 5.06. The molecule has 0 aromatic carbocycles. The van der Waals surface area contributed by atoms with Crippen LogP contribution in [0.15, 0.2) is 11.6 Å². The lowest BCUT2D eigenvalue weighted by Gasteiger charge is -1.93. The SMILES string of the molecule is CCCC1=CCCC1. The van der Waals surface area contributed by atoms with E-state index in [4.69, 9.17) is 0 Å². The van der Waals surface area contributed by atoms with Crippen LogP contribution in [0.3, 0.4) is 0 Å². The van der Waals surface area contributed by atoms with Crippen LogP contribution in [-0.4, -0.2) is 0 Å². The first-order valence-electron chi connectivity index (χ1n) is 3.61. The lowest BCUT2D eigenvalue weighted by Crippen LogP contribution is -1.73. The van der Waals surface area contributed by atoms with Crippen molar-refractivity contribution in [2.75, 3.05) is 0 Å². The average molecular weight is 110 g/mol. The number of allylic oxidation sites excluding steroid dienone is 2. The Morgan fingerprint density at radius 1 is 1.62 bits per heavy atom. The molecule has 8 heavy (non-hydrogen) atoms. The summed E-state index contributed by atoms with van der Waals surface area (Å²) in [6.45, 7) is 2.25. The monoisotopic (exact) mass is 110 g/mol. The molecule has 0 nitrogen and oxygen atoms in total. The third kappa shape index (κ3) is 1.36. The van der Waals surface area contributed by atoms with Gasteiger partial charge in [0.05, 0.1) is 0 Å². The molecule has 0 atom stereocenters. The third-order valence-electron chi connectivity index (χ3n) is 1.71. The minimum absolute atomic E-state index is 1.33. The van der Waals surface area contributed by atoms with E-state index in [9.17, 15) is 0 Å². The summed E-state index contributed by atoms with van der Waals surface area (Å²) in [7, 11) is 0. The quantitative estimate of drug-likeness (QED) is 0.479. The summed E-state index contributed by atoms with van der Waals surface area (Å²) in [5.41, 5.74) is 1.70. The Bertz CT molecular complexity index is 90.2. The van der Waals surface area contributed by atoms with Crippen molar-refractivity contribution in [3.05, 3.63) is 11.6 Å². The van der Waals surface area contributed by atoms with Gasteiger partial charge in [-0.3, -0.25) is 0 Å². The molecule has 0 fully saturated rings. The van der Waals surface area contributed by atoms with E-state index in [1.54, 1.807) is 5.57 Å². The predicted octanol–water partition coefficient (Wildman–Crippen LogP) is 2.90. The van der Waals surface area contributed by atoms with Crippen molar-refractivity contribution < 1.29 is 0 Å². The zero-order valence-corrected chi connectivity index (χ0v) is 5.61. The van der Waals surface area contributed by atoms with Gasteiger partial charge in [0.1, 0.15) is 0 Å². The van der Waals surface area contributed by atoms with Gasteiger partial charge in [0.25, 0.3) is 0 Å². The van der Waals surface area contributed by atoms with Crippen LogP contribution in [0.1, 0.15) is 39.0 Å². The maximum atomic E-state index is 2.41. The summed E-state index contributed by atoms with van der Waals surface area (Å²) in [6.07, 6.45) is 9.22. The second-order valence-electron chi connectivity index (χ2n) is 2.50. The van der Waals surface area contributed by atoms with Crippen LogP contribution in [0.25, 0.3) is 0 Å². The van der Waals surface area contributed by atoms with Crippen molar-refractivity contribution in [1.82, 2.24) is 0 Å². The first-order chi connectivity index (χ1) is 3.93. The Morgan fingerprint density at radius 3 is 3.00 bits per heavy atom. The molecule has 0 saturated carbocycles. The largest absolute Gasteiger partial charge is 0.0853 e. The van der Waals surface area contributed by atoms with Crippen LogP contribution in [-0.2, 0) is 0 Å². The molecule has 0 aromatic heterocycles. The van der Waals surface area contributed by atoms with Crippen LogP contribution < -0.4 is 0 Å². The zero-order chi connectivity index (χ0) is 5.82. The molecule has 0 spiro atoms. The van der Waals surface area contributed by atoms with E-state index in [0.29, 0.717) is 0 Å². The topological polar surface area (TPSA) is 0 Å². The second kappa shape index (κ2) is 2.91. The fourth-order valence-corrected chi connectivity index (χ4v) is 1.29. The Balaban J connectivity index is 2.23. The Kier molecular flexibility index (Phi) is 2.13. The smallest absolute Gasteiger partial charge is 0.0317 e. The molecule has 1 aliphatic rings. The Labute approximate surface area is 51.6 Å². The normalized spacial score (nSPS) is 18.9. The number of rotatable bonds is 2. The van der Waals surface area contributed by atoms with Crippen LogP contribution in [0.5, 0.6) is 0 Å². The minimum atomic E-state index is 1.33. The average Bonchev–Trinajstić information content (AvgIpc) is 2.19. The summed E-state index contributed by atoms with van der Waals surface area (Å²) >= 11 is 0. The first-order valence-corrected chi connectivity index (χ1v) is 3.61. The van der Waals surface area contributed by atoms with Crippen molar-refractivity contribution in [3.8, 4) is 0 Å². The molecule has 0 N–H and O–H groups in total. The minimum Gasteiger partial charge on any atom is -0.0853 e. The molecule has 0 heteroatoms. The predicted molar refractivity (Wildman–Crippen MR) is 36.8 cm³/mol. The van der Waals surface area contributed by atoms with Crippen molar-refractivity contribution in [1.29, 1.82) is 0 Å². The van der Waals surface area contributed by atoms with Crippen molar-refractivity contribution >= 4 is 0 Å². The van der Waals surface area contributed by atoms with Crippen LogP contribution >= 0.6 is 0 Å². The van der Waals surface area contributed by atoms with Crippen molar-refractivity contribution in [2.45, 2.75) is 39.0 Å². The zero-order valence-electron chi connectivity index (χ0n) is 5.61. The van der Waals surface area contributed by atoms with Gasteiger partial charge in [-0.2, -0.15) is 0 Å². The van der Waals surface area contributed by atoms with E-state index in [1.165, 1.54) is 32.1 Å². The molecule has 0 heterocycles. The standard InChI is InChI=1S/C8H14/c1-2-5-8-6-3-4-7-8/h6H,2-5,7H2,1H3. The first kappa shape index (κ1) is 5.87.